The van der Waals surface area contributed by atoms with Gasteiger partial charge in [-0.05, 0) is 43.4 Å². The monoisotopic (exact) mass is 509 g/mol. The third-order valence-corrected chi connectivity index (χ3v) is 7.11. The Morgan fingerprint density at radius 1 is 1.11 bits per heavy atom. The van der Waals surface area contributed by atoms with Crippen LogP contribution >= 0.6 is 11.6 Å². The molecule has 2 aromatic carbocycles. The standard InChI is InChI=1S/C28H28ClNO6/c1-3-33-9-10-34-28(32)25-16(2)30-21-11-18(17-7-5-4-6-8-17)12-22(31)27(21)26(25)19-13-23-24(14-20(19)29)36-15-35-23/h4-8,13-14,18,26,30H,3,9-12,15H2,1-2H3/t18-,26-/m0/s1. The summed E-state index contributed by atoms with van der Waals surface area (Å²) in [5, 5.41) is 3.75. The lowest BCUT2D eigenvalue weighted by Crippen LogP contribution is -2.36. The van der Waals surface area contributed by atoms with E-state index >= 15 is 0 Å². The summed E-state index contributed by atoms with van der Waals surface area (Å²) in [6.07, 6.45) is 0.989. The van der Waals surface area contributed by atoms with E-state index in [0.717, 1.165) is 11.3 Å². The quantitative estimate of drug-likeness (QED) is 0.415. The van der Waals surface area contributed by atoms with E-state index in [1.54, 1.807) is 12.1 Å². The van der Waals surface area contributed by atoms with Crippen LogP contribution in [0.2, 0.25) is 5.02 Å². The van der Waals surface area contributed by atoms with E-state index in [4.69, 9.17) is 30.5 Å². The Hall–Kier alpha value is -3.29. The Bertz CT molecular complexity index is 1250. The molecule has 2 aromatic rings. The van der Waals surface area contributed by atoms with E-state index < -0.39 is 11.9 Å². The van der Waals surface area contributed by atoms with Crippen LogP contribution in [-0.2, 0) is 19.1 Å². The number of dihydropyridines is 1. The molecular weight excluding hydrogens is 482 g/mol. The van der Waals surface area contributed by atoms with E-state index in [2.05, 4.69) is 5.32 Å². The van der Waals surface area contributed by atoms with Gasteiger partial charge < -0.3 is 24.3 Å². The first-order valence-corrected chi connectivity index (χ1v) is 12.5. The van der Waals surface area contributed by atoms with E-state index in [1.165, 1.54) is 0 Å². The molecule has 3 aliphatic rings. The highest BCUT2D eigenvalue weighted by molar-refractivity contribution is 6.32. The van der Waals surface area contributed by atoms with Crippen LogP contribution in [0.4, 0.5) is 0 Å². The number of hydrogen-bond donors (Lipinski definition) is 1. The van der Waals surface area contributed by atoms with Gasteiger partial charge in [-0.1, -0.05) is 41.9 Å². The zero-order chi connectivity index (χ0) is 25.2. The highest BCUT2D eigenvalue weighted by Crippen LogP contribution is 2.49. The molecule has 8 heteroatoms. The largest absolute Gasteiger partial charge is 0.460 e. The molecule has 1 N–H and O–H groups in total. The molecule has 5 rings (SSSR count). The van der Waals surface area contributed by atoms with Gasteiger partial charge in [-0.25, -0.2) is 4.79 Å². The van der Waals surface area contributed by atoms with Gasteiger partial charge in [-0.15, -0.1) is 0 Å². The molecule has 0 bridgehead atoms. The molecule has 2 aliphatic heterocycles. The van der Waals surface area contributed by atoms with Gasteiger partial charge in [0.2, 0.25) is 6.79 Å². The van der Waals surface area contributed by atoms with Gasteiger partial charge in [0.15, 0.2) is 17.3 Å². The molecule has 1 aliphatic carbocycles. The molecule has 2 atom stereocenters. The van der Waals surface area contributed by atoms with E-state index in [1.807, 2.05) is 44.2 Å². The van der Waals surface area contributed by atoms with Gasteiger partial charge >= 0.3 is 5.97 Å². The number of ketones is 1. The number of Topliss-reactive ketones (excluding diaryl/α,β-unsaturated/α-hetero) is 1. The number of esters is 1. The van der Waals surface area contributed by atoms with Crippen molar-refractivity contribution in [2.24, 2.45) is 0 Å². The smallest absolute Gasteiger partial charge is 0.336 e. The van der Waals surface area contributed by atoms with E-state index in [-0.39, 0.29) is 25.1 Å². The summed E-state index contributed by atoms with van der Waals surface area (Å²) in [4.78, 5) is 27.1. The predicted octanol–water partition coefficient (Wildman–Crippen LogP) is 5.01. The third-order valence-electron chi connectivity index (χ3n) is 6.79. The summed E-state index contributed by atoms with van der Waals surface area (Å²) >= 11 is 6.72. The zero-order valence-corrected chi connectivity index (χ0v) is 21.0. The molecule has 0 fully saturated rings. The van der Waals surface area contributed by atoms with Crippen molar-refractivity contribution in [1.82, 2.24) is 5.32 Å². The zero-order valence-electron chi connectivity index (χ0n) is 20.3. The average Bonchev–Trinajstić information content (AvgIpc) is 3.32. The van der Waals surface area contributed by atoms with Crippen molar-refractivity contribution in [3.8, 4) is 11.5 Å². The van der Waals surface area contributed by atoms with Crippen LogP contribution in [0.3, 0.4) is 0 Å². The maximum atomic E-state index is 13.7. The maximum Gasteiger partial charge on any atom is 0.336 e. The van der Waals surface area contributed by atoms with Crippen molar-refractivity contribution in [1.29, 1.82) is 0 Å². The Balaban J connectivity index is 1.56. The molecule has 188 valence electrons. The lowest BCUT2D eigenvalue weighted by atomic mass is 9.71. The van der Waals surface area contributed by atoms with Crippen molar-refractivity contribution >= 4 is 23.4 Å². The molecule has 36 heavy (non-hydrogen) atoms. The Kier molecular flexibility index (Phi) is 7.03. The summed E-state index contributed by atoms with van der Waals surface area (Å²) in [5.41, 5.74) is 4.07. The maximum absolute atomic E-state index is 13.7. The highest BCUT2D eigenvalue weighted by atomic mass is 35.5. The predicted molar refractivity (Wildman–Crippen MR) is 134 cm³/mol. The van der Waals surface area contributed by atoms with Crippen molar-refractivity contribution in [2.75, 3.05) is 26.6 Å². The van der Waals surface area contributed by atoms with Crippen LogP contribution in [0.1, 0.15) is 49.7 Å². The van der Waals surface area contributed by atoms with Crippen LogP contribution in [0.5, 0.6) is 11.5 Å². The molecule has 0 saturated carbocycles. The van der Waals surface area contributed by atoms with Crippen LogP contribution in [0, 0.1) is 0 Å². The lowest BCUT2D eigenvalue weighted by Gasteiger charge is -2.37. The molecule has 7 nitrogen and oxygen atoms in total. The number of fused-ring (bicyclic) bond motifs is 1. The van der Waals surface area contributed by atoms with Gasteiger partial charge in [0.25, 0.3) is 0 Å². The van der Waals surface area contributed by atoms with Crippen LogP contribution in [-0.4, -0.2) is 38.4 Å². The second kappa shape index (κ2) is 10.4. The number of ether oxygens (including phenoxy) is 4. The van der Waals surface area contributed by atoms with E-state index in [9.17, 15) is 9.59 Å². The third kappa shape index (κ3) is 4.61. The number of nitrogens with one attached hydrogen (secondary N) is 1. The van der Waals surface area contributed by atoms with Crippen LogP contribution in [0.15, 0.2) is 65.0 Å². The average molecular weight is 510 g/mol. The van der Waals surface area contributed by atoms with Crippen molar-refractivity contribution in [3.05, 3.63) is 81.2 Å². The topological polar surface area (TPSA) is 83.1 Å². The molecule has 0 amide bonds. The van der Waals surface area contributed by atoms with Gasteiger partial charge in [-0.2, -0.15) is 0 Å². The minimum Gasteiger partial charge on any atom is -0.460 e. The number of carbonyl (C=O) groups is 2. The van der Waals surface area contributed by atoms with Crippen molar-refractivity contribution in [2.45, 2.75) is 38.5 Å². The fourth-order valence-electron chi connectivity index (χ4n) is 5.15. The first kappa shape index (κ1) is 24.4. The molecule has 0 spiro atoms. The summed E-state index contributed by atoms with van der Waals surface area (Å²) in [6.45, 7) is 4.73. The van der Waals surface area contributed by atoms with E-state index in [0.29, 0.717) is 65.0 Å². The SMILES string of the molecule is CCOCCOC(=O)C1=C(C)NC2=C(C(=O)C[C@@H](c3ccccc3)C2)[C@H]1c1cc2c(cc1Cl)OCO2. The number of allylic oxidation sites excluding steroid dienone is 3. The molecule has 0 unspecified atom stereocenters. The number of halogens is 1. The first-order valence-electron chi connectivity index (χ1n) is 12.1. The number of benzene rings is 2. The minimum atomic E-state index is -0.688. The normalized spacial score (nSPS) is 20.8. The molecular formula is C28H28ClNO6. The fourth-order valence-corrected chi connectivity index (χ4v) is 5.41. The van der Waals surface area contributed by atoms with Gasteiger partial charge in [0, 0.05) is 47.0 Å². The number of rotatable bonds is 7. The van der Waals surface area contributed by atoms with Gasteiger partial charge in [0.1, 0.15) is 6.61 Å². The van der Waals surface area contributed by atoms with Crippen LogP contribution < -0.4 is 14.8 Å². The van der Waals surface area contributed by atoms with Crippen LogP contribution in [0.25, 0.3) is 0 Å². The lowest BCUT2D eigenvalue weighted by molar-refractivity contribution is -0.140. The number of hydrogen-bond acceptors (Lipinski definition) is 7. The first-order chi connectivity index (χ1) is 17.5. The Morgan fingerprint density at radius 2 is 1.86 bits per heavy atom. The van der Waals surface area contributed by atoms with Crippen molar-refractivity contribution in [3.63, 3.8) is 0 Å². The summed E-state index contributed by atoms with van der Waals surface area (Å²) in [6, 6.07) is 13.5. The minimum absolute atomic E-state index is 0.0246. The van der Waals surface area contributed by atoms with Gasteiger partial charge in [-0.3, -0.25) is 4.79 Å². The molecule has 0 saturated heterocycles. The highest BCUT2D eigenvalue weighted by Gasteiger charge is 2.42. The number of carbonyl (C=O) groups excluding carboxylic acids is 2. The van der Waals surface area contributed by atoms with Gasteiger partial charge in [0.05, 0.1) is 12.2 Å². The second-order valence-electron chi connectivity index (χ2n) is 8.99. The van der Waals surface area contributed by atoms with Crippen molar-refractivity contribution < 1.29 is 28.5 Å². The summed E-state index contributed by atoms with van der Waals surface area (Å²) in [5.74, 6) is -0.112. The molecule has 0 radical (unpaired) electrons. The Labute approximate surface area is 215 Å². The summed E-state index contributed by atoms with van der Waals surface area (Å²) in [7, 11) is 0. The Morgan fingerprint density at radius 3 is 2.61 bits per heavy atom. The molecule has 2 heterocycles. The second-order valence-corrected chi connectivity index (χ2v) is 9.39. The summed E-state index contributed by atoms with van der Waals surface area (Å²) < 4.78 is 21.9. The fraction of sp³-hybridized carbons (Fsp3) is 0.357. The molecule has 0 aromatic heterocycles.